The summed E-state index contributed by atoms with van der Waals surface area (Å²) in [4.78, 5) is 24.9. The SMILES string of the molecule is Cc1cc[n+](CC(=O)Nc2ccc(S(=O)(=O)Nc3ccc(NNC(=O)c4ccccc4CCO)cc3)cc2)cc1. The summed E-state index contributed by atoms with van der Waals surface area (Å²) in [7, 11) is -3.87. The van der Waals surface area contributed by atoms with Crippen LogP contribution in [-0.2, 0) is 27.8 Å². The number of aliphatic hydroxyl groups is 1. The zero-order valence-electron chi connectivity index (χ0n) is 21.8. The predicted octanol–water partition coefficient (Wildman–Crippen LogP) is 3.01. The zero-order valence-corrected chi connectivity index (χ0v) is 22.6. The summed E-state index contributed by atoms with van der Waals surface area (Å²) in [5.74, 6) is -0.593. The Morgan fingerprint density at radius 3 is 2.12 bits per heavy atom. The number of aromatic nitrogens is 1. The van der Waals surface area contributed by atoms with Crippen LogP contribution in [0, 0.1) is 6.92 Å². The molecule has 0 fully saturated rings. The number of hydrogen-bond acceptors (Lipinski definition) is 6. The summed E-state index contributed by atoms with van der Waals surface area (Å²) >= 11 is 0. The van der Waals surface area contributed by atoms with Crippen LogP contribution in [0.5, 0.6) is 0 Å². The fraction of sp³-hybridized carbons (Fsp3) is 0.138. The summed E-state index contributed by atoms with van der Waals surface area (Å²) in [5.41, 5.74) is 9.02. The molecule has 0 aliphatic carbocycles. The molecule has 40 heavy (non-hydrogen) atoms. The number of anilines is 3. The number of pyridine rings is 1. The van der Waals surface area contributed by atoms with E-state index in [1.807, 2.05) is 31.5 Å². The molecule has 5 N–H and O–H groups in total. The van der Waals surface area contributed by atoms with Gasteiger partial charge in [-0.05, 0) is 79.1 Å². The summed E-state index contributed by atoms with van der Waals surface area (Å²) in [6.45, 7) is 2.03. The Labute approximate surface area is 232 Å². The molecular weight excluding hydrogens is 530 g/mol. The van der Waals surface area contributed by atoms with Gasteiger partial charge in [0.2, 0.25) is 6.54 Å². The Morgan fingerprint density at radius 1 is 0.825 bits per heavy atom. The van der Waals surface area contributed by atoms with E-state index in [9.17, 15) is 23.1 Å². The monoisotopic (exact) mass is 560 g/mol. The molecule has 0 atom stereocenters. The molecule has 0 saturated carbocycles. The van der Waals surface area contributed by atoms with E-state index in [-0.39, 0.29) is 29.9 Å². The summed E-state index contributed by atoms with van der Waals surface area (Å²) in [6, 6.07) is 23.0. The van der Waals surface area contributed by atoms with Crippen LogP contribution in [0.15, 0.2) is 102 Å². The Balaban J connectivity index is 1.31. The number of carbonyl (C=O) groups is 2. The van der Waals surface area contributed by atoms with Crippen LogP contribution in [0.1, 0.15) is 21.5 Å². The number of carbonyl (C=O) groups excluding carboxylic acids is 2. The first-order valence-corrected chi connectivity index (χ1v) is 14.0. The van der Waals surface area contributed by atoms with Gasteiger partial charge in [0.15, 0.2) is 12.4 Å². The minimum Gasteiger partial charge on any atom is -0.396 e. The molecule has 206 valence electrons. The van der Waals surface area contributed by atoms with Crippen LogP contribution in [0.25, 0.3) is 0 Å². The third kappa shape index (κ3) is 7.65. The molecule has 1 heterocycles. The lowest BCUT2D eigenvalue weighted by Gasteiger charge is -2.12. The number of nitrogens with zero attached hydrogens (tertiary/aromatic N) is 1. The van der Waals surface area contributed by atoms with Crippen molar-refractivity contribution in [2.75, 3.05) is 22.1 Å². The van der Waals surface area contributed by atoms with E-state index in [2.05, 4.69) is 20.9 Å². The maximum atomic E-state index is 12.9. The number of nitrogens with one attached hydrogen (secondary N) is 4. The molecule has 0 spiro atoms. The van der Waals surface area contributed by atoms with Crippen LogP contribution in [0.4, 0.5) is 17.1 Å². The quantitative estimate of drug-likeness (QED) is 0.141. The third-order valence-corrected chi connectivity index (χ3v) is 7.33. The molecule has 1 aromatic heterocycles. The van der Waals surface area contributed by atoms with Gasteiger partial charge in [-0.1, -0.05) is 18.2 Å². The van der Waals surface area contributed by atoms with Gasteiger partial charge in [0, 0.05) is 35.7 Å². The highest BCUT2D eigenvalue weighted by Crippen LogP contribution is 2.20. The highest BCUT2D eigenvalue weighted by Gasteiger charge is 2.16. The summed E-state index contributed by atoms with van der Waals surface area (Å²) < 4.78 is 30.0. The molecule has 11 heteroatoms. The number of aryl methyl sites for hydroxylation is 1. The highest BCUT2D eigenvalue weighted by molar-refractivity contribution is 7.92. The van der Waals surface area contributed by atoms with Crippen molar-refractivity contribution in [2.24, 2.45) is 0 Å². The molecule has 0 bridgehead atoms. The maximum Gasteiger partial charge on any atom is 0.290 e. The molecule has 3 aromatic carbocycles. The third-order valence-electron chi connectivity index (χ3n) is 5.93. The number of rotatable bonds is 11. The number of sulfonamides is 1. The second kappa shape index (κ2) is 12.9. The van der Waals surface area contributed by atoms with Gasteiger partial charge in [-0.3, -0.25) is 25.2 Å². The first-order valence-electron chi connectivity index (χ1n) is 12.5. The molecule has 0 unspecified atom stereocenters. The zero-order chi connectivity index (χ0) is 28.5. The van der Waals surface area contributed by atoms with Gasteiger partial charge in [-0.2, -0.15) is 4.57 Å². The van der Waals surface area contributed by atoms with Crippen molar-refractivity contribution < 1.29 is 27.7 Å². The van der Waals surface area contributed by atoms with Crippen molar-refractivity contribution in [1.82, 2.24) is 5.43 Å². The van der Waals surface area contributed by atoms with Crippen molar-refractivity contribution in [2.45, 2.75) is 24.8 Å². The van der Waals surface area contributed by atoms with Crippen molar-refractivity contribution in [3.63, 3.8) is 0 Å². The lowest BCUT2D eigenvalue weighted by molar-refractivity contribution is -0.684. The van der Waals surface area contributed by atoms with Crippen molar-refractivity contribution in [1.29, 1.82) is 0 Å². The average Bonchev–Trinajstić information content (AvgIpc) is 2.94. The van der Waals surface area contributed by atoms with Crippen LogP contribution in [0.2, 0.25) is 0 Å². The Kier molecular flexibility index (Phi) is 9.10. The molecule has 0 radical (unpaired) electrons. The molecular formula is C29H30N5O5S+. The smallest absolute Gasteiger partial charge is 0.290 e. The number of aliphatic hydroxyl groups excluding tert-OH is 1. The lowest BCUT2D eigenvalue weighted by atomic mass is 10.0. The van der Waals surface area contributed by atoms with Gasteiger partial charge < -0.3 is 10.4 Å². The first-order chi connectivity index (χ1) is 19.2. The van der Waals surface area contributed by atoms with Gasteiger partial charge in [0.1, 0.15) is 0 Å². The number of amides is 2. The Morgan fingerprint density at radius 2 is 1.45 bits per heavy atom. The van der Waals surface area contributed by atoms with Crippen molar-refractivity contribution >= 4 is 38.9 Å². The molecule has 2 amide bonds. The number of benzene rings is 3. The standard InChI is InChI=1S/C29H29N5O5S/c1-21-14-17-34(18-15-21)20-28(36)30-23-10-12-26(13-11-23)40(38,39)33-25-8-6-24(7-9-25)31-32-29(37)27-5-3-2-4-22(27)16-19-35/h2-15,17-18,31,33,35H,16,19-20H2,1H3,(H-,30,32,36,37)/p+1. The topological polar surface area (TPSA) is 141 Å². The molecule has 0 aliphatic rings. The first kappa shape index (κ1) is 28.3. The predicted molar refractivity (Wildman–Crippen MR) is 152 cm³/mol. The van der Waals surface area contributed by atoms with Crippen LogP contribution >= 0.6 is 0 Å². The summed E-state index contributed by atoms with van der Waals surface area (Å²) in [6.07, 6.45) is 3.99. The van der Waals surface area contributed by atoms with Crippen LogP contribution in [-0.4, -0.2) is 31.9 Å². The van der Waals surface area contributed by atoms with E-state index < -0.39 is 10.0 Å². The van der Waals surface area contributed by atoms with Crippen molar-refractivity contribution in [3.05, 3.63) is 114 Å². The second-order valence-corrected chi connectivity index (χ2v) is 10.7. The Hall–Kier alpha value is -4.74. The molecule has 4 aromatic rings. The van der Waals surface area contributed by atoms with Crippen LogP contribution in [0.3, 0.4) is 0 Å². The van der Waals surface area contributed by atoms with Gasteiger partial charge in [0.25, 0.3) is 21.8 Å². The fourth-order valence-corrected chi connectivity index (χ4v) is 4.89. The van der Waals surface area contributed by atoms with E-state index in [1.165, 1.54) is 24.3 Å². The number of hydrogen-bond donors (Lipinski definition) is 5. The molecule has 10 nitrogen and oxygen atoms in total. The largest absolute Gasteiger partial charge is 0.396 e. The number of hydrazine groups is 1. The van der Waals surface area contributed by atoms with Gasteiger partial charge in [-0.15, -0.1) is 0 Å². The van der Waals surface area contributed by atoms with E-state index in [0.29, 0.717) is 29.0 Å². The second-order valence-electron chi connectivity index (χ2n) is 9.01. The average molecular weight is 561 g/mol. The normalized spacial score (nSPS) is 10.9. The van der Waals surface area contributed by atoms with E-state index >= 15 is 0 Å². The Bertz CT molecular complexity index is 1570. The highest BCUT2D eigenvalue weighted by atomic mass is 32.2. The van der Waals surface area contributed by atoms with Crippen molar-refractivity contribution in [3.8, 4) is 0 Å². The maximum absolute atomic E-state index is 12.9. The van der Waals surface area contributed by atoms with Gasteiger partial charge >= 0.3 is 0 Å². The minimum absolute atomic E-state index is 0.0365. The minimum atomic E-state index is -3.87. The molecule has 0 saturated heterocycles. The fourth-order valence-electron chi connectivity index (χ4n) is 3.83. The molecule has 0 aliphatic heterocycles. The van der Waals surface area contributed by atoms with E-state index in [4.69, 9.17) is 0 Å². The van der Waals surface area contributed by atoms with Gasteiger partial charge in [-0.25, -0.2) is 8.42 Å². The van der Waals surface area contributed by atoms with Crippen LogP contribution < -0.4 is 25.5 Å². The van der Waals surface area contributed by atoms with E-state index in [1.54, 1.807) is 53.1 Å². The van der Waals surface area contributed by atoms with Gasteiger partial charge in [0.05, 0.1) is 10.6 Å². The molecule has 4 rings (SSSR count). The van der Waals surface area contributed by atoms with E-state index in [0.717, 1.165) is 11.1 Å². The lowest BCUT2D eigenvalue weighted by Crippen LogP contribution is -2.39. The summed E-state index contributed by atoms with van der Waals surface area (Å²) in [5, 5.41) is 12.0.